The van der Waals surface area contributed by atoms with Gasteiger partial charge in [0.15, 0.2) is 0 Å². The fraction of sp³-hybridized carbons (Fsp3) is 1.00. The number of hydrogen-bond donors (Lipinski definition) is 3. The lowest BCUT2D eigenvalue weighted by atomic mass is 9.96. The normalized spacial score (nSPS) is 26.6. The van der Waals surface area contributed by atoms with Gasteiger partial charge in [0, 0.05) is 91.6 Å². The summed E-state index contributed by atoms with van der Waals surface area (Å²) in [7, 11) is 2.21. The Labute approximate surface area is 211 Å². The van der Waals surface area contributed by atoms with Crippen molar-refractivity contribution in [1.82, 2.24) is 35.6 Å². The Morgan fingerprint density at radius 1 is 0.647 bits per heavy atom. The first-order valence-corrected chi connectivity index (χ1v) is 14.6. The molecule has 5 rings (SSSR count). The molecule has 0 unspecified atom stereocenters. The Kier molecular flexibility index (Phi) is 13.7. The maximum atomic E-state index is 3.35. The van der Waals surface area contributed by atoms with Crippen molar-refractivity contribution in [3.05, 3.63) is 0 Å². The van der Waals surface area contributed by atoms with Crippen LogP contribution < -0.4 is 16.0 Å². The summed E-state index contributed by atoms with van der Waals surface area (Å²) < 4.78 is 0. The first-order chi connectivity index (χ1) is 16.6. The fourth-order valence-electron chi connectivity index (χ4n) is 5.28. The zero-order valence-corrected chi connectivity index (χ0v) is 22.9. The van der Waals surface area contributed by atoms with E-state index in [1.54, 1.807) is 0 Å². The Morgan fingerprint density at radius 3 is 1.65 bits per heavy atom. The zero-order chi connectivity index (χ0) is 24.0. The molecular weight excluding hydrogens is 422 g/mol. The van der Waals surface area contributed by atoms with Crippen LogP contribution in [0.4, 0.5) is 0 Å². The second-order valence-corrected chi connectivity index (χ2v) is 11.6. The highest BCUT2D eigenvalue weighted by Gasteiger charge is 2.23. The van der Waals surface area contributed by atoms with Crippen LogP contribution in [0.2, 0.25) is 0 Å². The first kappa shape index (κ1) is 28.3. The maximum absolute atomic E-state index is 3.35. The Morgan fingerprint density at radius 2 is 1.18 bits per heavy atom. The van der Waals surface area contributed by atoms with Crippen LogP contribution in [0.3, 0.4) is 0 Å². The van der Waals surface area contributed by atoms with Gasteiger partial charge in [-0.25, -0.2) is 0 Å². The molecule has 5 aliphatic rings. The van der Waals surface area contributed by atoms with Gasteiger partial charge in [-0.3, -0.25) is 0 Å². The lowest BCUT2D eigenvalue weighted by molar-refractivity contribution is 0.122. The molecule has 0 radical (unpaired) electrons. The molecule has 0 saturated carbocycles. The third-order valence-corrected chi connectivity index (χ3v) is 8.27. The third-order valence-electron chi connectivity index (χ3n) is 8.27. The summed E-state index contributed by atoms with van der Waals surface area (Å²) in [6, 6.07) is 0. The van der Waals surface area contributed by atoms with Crippen molar-refractivity contribution in [3.8, 4) is 0 Å². The van der Waals surface area contributed by atoms with Crippen LogP contribution in [0.1, 0.15) is 39.5 Å². The van der Waals surface area contributed by atoms with Crippen molar-refractivity contribution in [2.75, 3.05) is 118 Å². The number of nitrogens with zero attached hydrogens (tertiary/aromatic N) is 4. The van der Waals surface area contributed by atoms with E-state index in [9.17, 15) is 0 Å². The quantitative estimate of drug-likeness (QED) is 0.505. The number of piperidine rings is 1. The van der Waals surface area contributed by atoms with Crippen LogP contribution in [0.15, 0.2) is 0 Å². The van der Waals surface area contributed by atoms with Gasteiger partial charge < -0.3 is 35.6 Å². The van der Waals surface area contributed by atoms with Gasteiger partial charge in [0.2, 0.25) is 0 Å². The number of likely N-dealkylation sites (tertiary alicyclic amines) is 1. The van der Waals surface area contributed by atoms with E-state index < -0.39 is 0 Å². The van der Waals surface area contributed by atoms with Gasteiger partial charge in [-0.1, -0.05) is 20.3 Å². The molecule has 34 heavy (non-hydrogen) atoms. The van der Waals surface area contributed by atoms with E-state index >= 15 is 0 Å². The second kappa shape index (κ2) is 16.5. The zero-order valence-electron chi connectivity index (χ0n) is 22.9. The molecule has 5 fully saturated rings. The van der Waals surface area contributed by atoms with Gasteiger partial charge in [-0.2, -0.15) is 0 Å². The van der Waals surface area contributed by atoms with Gasteiger partial charge in [0.05, 0.1) is 0 Å². The predicted molar refractivity (Wildman–Crippen MR) is 146 cm³/mol. The summed E-state index contributed by atoms with van der Waals surface area (Å²) in [5.41, 5.74) is 0. The van der Waals surface area contributed by atoms with Gasteiger partial charge in [-0.05, 0) is 63.7 Å². The molecule has 5 saturated heterocycles. The topological polar surface area (TPSA) is 49.1 Å². The summed E-state index contributed by atoms with van der Waals surface area (Å²) in [5, 5.41) is 10.0. The molecule has 7 nitrogen and oxygen atoms in total. The molecule has 5 heterocycles. The lowest BCUT2D eigenvalue weighted by Gasteiger charge is -2.37. The van der Waals surface area contributed by atoms with Gasteiger partial charge >= 0.3 is 0 Å². The fourth-order valence-corrected chi connectivity index (χ4v) is 5.28. The van der Waals surface area contributed by atoms with Gasteiger partial charge in [0.25, 0.3) is 0 Å². The maximum Gasteiger partial charge on any atom is 0.0110 e. The Balaban J connectivity index is 0.000000144. The number of likely N-dealkylation sites (N-methyl/N-ethyl adjacent to an activating group) is 1. The Hall–Kier alpha value is -0.280. The van der Waals surface area contributed by atoms with Gasteiger partial charge in [0.1, 0.15) is 0 Å². The molecule has 0 spiro atoms. The van der Waals surface area contributed by atoms with E-state index in [-0.39, 0.29) is 0 Å². The molecule has 0 aromatic heterocycles. The van der Waals surface area contributed by atoms with Crippen molar-refractivity contribution >= 4 is 0 Å². The number of nitrogens with one attached hydrogen (secondary N) is 3. The minimum atomic E-state index is 0.938. The molecule has 0 aromatic carbocycles. The van der Waals surface area contributed by atoms with Crippen LogP contribution in [0.25, 0.3) is 0 Å². The van der Waals surface area contributed by atoms with Crippen molar-refractivity contribution in [1.29, 1.82) is 0 Å². The van der Waals surface area contributed by atoms with E-state index in [4.69, 9.17) is 0 Å². The van der Waals surface area contributed by atoms with Crippen molar-refractivity contribution in [2.24, 2.45) is 17.8 Å². The molecule has 0 aromatic rings. The summed E-state index contributed by atoms with van der Waals surface area (Å²) in [6.45, 7) is 26.2. The average Bonchev–Trinajstić information content (AvgIpc) is 2.81. The summed E-state index contributed by atoms with van der Waals surface area (Å²) >= 11 is 0. The molecule has 3 N–H and O–H groups in total. The molecular formula is C27H57N7. The number of unbranched alkanes of at least 4 members (excludes halogenated alkanes) is 1. The molecule has 200 valence electrons. The second-order valence-electron chi connectivity index (χ2n) is 11.6. The monoisotopic (exact) mass is 479 g/mol. The van der Waals surface area contributed by atoms with Crippen molar-refractivity contribution in [2.45, 2.75) is 39.5 Å². The third kappa shape index (κ3) is 11.2. The molecule has 0 atom stereocenters. The van der Waals surface area contributed by atoms with Gasteiger partial charge in [-0.15, -0.1) is 0 Å². The minimum absolute atomic E-state index is 0.938. The summed E-state index contributed by atoms with van der Waals surface area (Å²) in [5.74, 6) is 2.87. The number of rotatable bonds is 7. The van der Waals surface area contributed by atoms with E-state index in [1.165, 1.54) is 137 Å². The molecule has 0 amide bonds. The van der Waals surface area contributed by atoms with E-state index in [2.05, 4.69) is 56.4 Å². The van der Waals surface area contributed by atoms with Crippen LogP contribution in [-0.2, 0) is 0 Å². The summed E-state index contributed by atoms with van der Waals surface area (Å²) in [4.78, 5) is 10.2. The molecule has 0 aliphatic carbocycles. The molecule has 0 bridgehead atoms. The lowest BCUT2D eigenvalue weighted by Crippen LogP contribution is -2.52. The molecule has 5 aliphatic heterocycles. The van der Waals surface area contributed by atoms with E-state index in [0.717, 1.165) is 17.8 Å². The predicted octanol–water partition coefficient (Wildman–Crippen LogP) is 1.08. The first-order valence-electron chi connectivity index (χ1n) is 14.6. The standard InChI is InChI=1S/C10H20N2.C9H19N3.C8H18N2/c1-9-2-4-12(5-3-9)8-10-6-11-7-10;1-11-2-4-12(5-3-11)8-9-6-10-7-9;1-2-3-6-10-7-4-9-5-8-10/h9-11H,2-8H2,1H3;9-10H,2-8H2,1H3;9H,2-8H2,1H3. The van der Waals surface area contributed by atoms with E-state index in [0.29, 0.717) is 0 Å². The smallest absolute Gasteiger partial charge is 0.0110 e. The summed E-state index contributed by atoms with van der Waals surface area (Å²) in [6.07, 6.45) is 5.52. The molecule has 7 heteroatoms. The number of piperazine rings is 2. The largest absolute Gasteiger partial charge is 0.316 e. The van der Waals surface area contributed by atoms with Crippen molar-refractivity contribution < 1.29 is 0 Å². The average molecular weight is 480 g/mol. The van der Waals surface area contributed by atoms with Crippen LogP contribution >= 0.6 is 0 Å². The van der Waals surface area contributed by atoms with Crippen LogP contribution in [0.5, 0.6) is 0 Å². The van der Waals surface area contributed by atoms with Crippen LogP contribution in [-0.4, -0.2) is 138 Å². The van der Waals surface area contributed by atoms with Crippen molar-refractivity contribution in [3.63, 3.8) is 0 Å². The highest BCUT2D eigenvalue weighted by Crippen LogP contribution is 2.17. The SMILES string of the molecule is CC1CCN(CC2CNC2)CC1.CCCCN1CCNCC1.CN1CCN(CC2CNC2)CC1. The highest BCUT2D eigenvalue weighted by atomic mass is 15.2. The number of hydrogen-bond acceptors (Lipinski definition) is 7. The van der Waals surface area contributed by atoms with Crippen LogP contribution in [0, 0.1) is 17.8 Å². The Bertz CT molecular complexity index is 455. The minimum Gasteiger partial charge on any atom is -0.316 e. The highest BCUT2D eigenvalue weighted by molar-refractivity contribution is 4.81. The van der Waals surface area contributed by atoms with E-state index in [1.807, 2.05) is 0 Å².